The zero-order chi connectivity index (χ0) is 26.8. The molecule has 9 atom stereocenters. The minimum absolute atomic E-state index is 0.0230. The molecule has 198 valence electrons. The predicted octanol–water partition coefficient (Wildman–Crippen LogP) is 4.34. The molecular formula is C28H30F3NO5. The number of aliphatic hydroxyl groups is 1. The number of hydrogen-bond acceptors (Lipinski definition) is 5. The van der Waals surface area contributed by atoms with Crippen molar-refractivity contribution >= 4 is 17.4 Å². The molecule has 0 bridgehead atoms. The predicted molar refractivity (Wildman–Crippen MR) is 127 cm³/mol. The summed E-state index contributed by atoms with van der Waals surface area (Å²) in [6.07, 6.45) is 0.218. The molecule has 1 heterocycles. The molecule has 1 aromatic carbocycles. The Morgan fingerprint density at radius 3 is 2.49 bits per heavy atom. The lowest BCUT2D eigenvalue weighted by Gasteiger charge is -2.66. The lowest BCUT2D eigenvalue weighted by atomic mass is 9.40. The first kappa shape index (κ1) is 24.7. The molecule has 6 rings (SSSR count). The highest BCUT2D eigenvalue weighted by molar-refractivity contribution is 6.01. The maximum atomic E-state index is 17.5. The Kier molecular flexibility index (Phi) is 4.84. The van der Waals surface area contributed by atoms with E-state index in [4.69, 9.17) is 4.84 Å². The fourth-order valence-electron chi connectivity index (χ4n) is 8.83. The standard InChI is InChI=1S/C28H30F3NO5/c1-24-9-8-18(33)10-19(24)20(30)11-21-25(2)12-15-14-32(17-6-4-16(29)5-7-17)37-28(15,23(35)36)26(25,3)13-22(34)27(21,24)31/h4-10,15,20-22,34H,11-14H2,1-3H3,(H,35,36)/t15-,20-,21-,22-,24-,25-,26-,27-,28-/m0/s1. The van der Waals surface area contributed by atoms with E-state index in [9.17, 15) is 24.2 Å². The fourth-order valence-corrected chi connectivity index (χ4v) is 8.83. The van der Waals surface area contributed by atoms with E-state index in [1.807, 2.05) is 0 Å². The lowest BCUT2D eigenvalue weighted by Crippen LogP contribution is -2.73. The molecule has 1 aromatic rings. The van der Waals surface area contributed by atoms with Crippen LogP contribution < -0.4 is 5.06 Å². The summed E-state index contributed by atoms with van der Waals surface area (Å²) < 4.78 is 46.7. The van der Waals surface area contributed by atoms with Crippen LogP contribution in [0, 0.1) is 33.9 Å². The summed E-state index contributed by atoms with van der Waals surface area (Å²) in [5, 5.41) is 23.6. The first-order chi connectivity index (χ1) is 17.2. The molecular weight excluding hydrogens is 487 g/mol. The first-order valence-electron chi connectivity index (χ1n) is 12.7. The number of aliphatic carboxylic acids is 1. The normalized spacial score (nSPS) is 48.1. The third kappa shape index (κ3) is 2.64. The van der Waals surface area contributed by atoms with E-state index in [1.165, 1.54) is 48.4 Å². The summed E-state index contributed by atoms with van der Waals surface area (Å²) >= 11 is 0. The number of nitrogens with zero attached hydrogens (tertiary/aromatic N) is 1. The summed E-state index contributed by atoms with van der Waals surface area (Å²) in [6.45, 7) is 5.20. The number of hydrogen-bond donors (Lipinski definition) is 2. The van der Waals surface area contributed by atoms with Crippen LogP contribution in [-0.4, -0.2) is 52.1 Å². The van der Waals surface area contributed by atoms with Crippen LogP contribution in [0.25, 0.3) is 0 Å². The minimum atomic E-state index is -2.32. The minimum Gasteiger partial charge on any atom is -0.479 e. The maximum Gasteiger partial charge on any atom is 0.339 e. The highest BCUT2D eigenvalue weighted by atomic mass is 19.1. The molecule has 0 unspecified atom stereocenters. The van der Waals surface area contributed by atoms with Gasteiger partial charge in [-0.1, -0.05) is 19.9 Å². The summed E-state index contributed by atoms with van der Waals surface area (Å²) in [6, 6.07) is 5.50. The number of allylic oxidation sites excluding steroid dienone is 4. The molecule has 2 N–H and O–H groups in total. The average Bonchev–Trinajstić information content (AvgIpc) is 3.30. The number of aliphatic hydroxyl groups excluding tert-OH is 1. The van der Waals surface area contributed by atoms with Gasteiger partial charge in [0.25, 0.3) is 0 Å². The molecule has 4 aliphatic carbocycles. The summed E-state index contributed by atoms with van der Waals surface area (Å²) in [5.41, 5.74) is -7.48. The highest BCUT2D eigenvalue weighted by Gasteiger charge is 2.84. The van der Waals surface area contributed by atoms with Crippen molar-refractivity contribution in [2.45, 2.75) is 63.6 Å². The fraction of sp³-hybridized carbons (Fsp3) is 0.571. The number of carboxylic acids is 1. The zero-order valence-electron chi connectivity index (χ0n) is 20.9. The van der Waals surface area contributed by atoms with E-state index in [1.54, 1.807) is 13.8 Å². The second kappa shape index (κ2) is 7.26. The second-order valence-corrected chi connectivity index (χ2v) is 12.1. The Morgan fingerprint density at radius 1 is 1.16 bits per heavy atom. The van der Waals surface area contributed by atoms with Gasteiger partial charge in [0.15, 0.2) is 11.5 Å². The molecule has 1 aliphatic heterocycles. The summed E-state index contributed by atoms with van der Waals surface area (Å²) in [4.78, 5) is 31.3. The number of carbonyl (C=O) groups excluding carboxylic acids is 1. The number of hydroxylamine groups is 1. The Hall–Kier alpha value is -2.65. The van der Waals surface area contributed by atoms with Crippen molar-refractivity contribution in [1.29, 1.82) is 0 Å². The average molecular weight is 518 g/mol. The van der Waals surface area contributed by atoms with Gasteiger partial charge in [0, 0.05) is 22.7 Å². The van der Waals surface area contributed by atoms with Gasteiger partial charge in [-0.15, -0.1) is 0 Å². The van der Waals surface area contributed by atoms with Crippen LogP contribution in [0.2, 0.25) is 0 Å². The van der Waals surface area contributed by atoms with Crippen molar-refractivity contribution < 1.29 is 37.8 Å². The zero-order valence-corrected chi connectivity index (χ0v) is 20.9. The summed E-state index contributed by atoms with van der Waals surface area (Å²) in [7, 11) is 0. The van der Waals surface area contributed by atoms with E-state index in [2.05, 4.69) is 0 Å². The number of fused-ring (bicyclic) bond motifs is 7. The van der Waals surface area contributed by atoms with E-state index in [0.717, 1.165) is 6.08 Å². The van der Waals surface area contributed by atoms with Crippen molar-refractivity contribution in [3.8, 4) is 0 Å². The van der Waals surface area contributed by atoms with Crippen LogP contribution in [0.1, 0.15) is 40.0 Å². The van der Waals surface area contributed by atoms with Crippen LogP contribution in [0.3, 0.4) is 0 Å². The van der Waals surface area contributed by atoms with Gasteiger partial charge >= 0.3 is 5.97 Å². The van der Waals surface area contributed by atoms with Gasteiger partial charge in [0.05, 0.1) is 18.3 Å². The lowest BCUT2D eigenvalue weighted by molar-refractivity contribution is -0.259. The third-order valence-corrected chi connectivity index (χ3v) is 10.8. The van der Waals surface area contributed by atoms with E-state index in [0.29, 0.717) is 5.69 Å². The molecule has 0 aromatic heterocycles. The van der Waals surface area contributed by atoms with Gasteiger partial charge in [-0.3, -0.25) is 14.7 Å². The molecule has 6 nitrogen and oxygen atoms in total. The molecule has 3 saturated carbocycles. The first-order valence-corrected chi connectivity index (χ1v) is 12.7. The Morgan fingerprint density at radius 2 is 1.84 bits per heavy atom. The highest BCUT2D eigenvalue weighted by Crippen LogP contribution is 2.77. The van der Waals surface area contributed by atoms with Gasteiger partial charge < -0.3 is 10.2 Å². The maximum absolute atomic E-state index is 17.5. The number of alkyl halides is 2. The third-order valence-electron chi connectivity index (χ3n) is 10.8. The van der Waals surface area contributed by atoms with Crippen LogP contribution >= 0.6 is 0 Å². The smallest absolute Gasteiger partial charge is 0.339 e. The molecule has 0 spiro atoms. The SMILES string of the molecule is C[C@]12C[C@H](O)[C@@]3(F)[C@@H](C[C@H](F)C4=CC(=O)C=C[C@@]43C)[C@]1(C)C[C@H]1CN(c3ccc(F)cc3)O[C@]12C(=O)O. The van der Waals surface area contributed by atoms with Crippen molar-refractivity contribution in [3.63, 3.8) is 0 Å². The van der Waals surface area contributed by atoms with Crippen molar-refractivity contribution in [3.05, 3.63) is 53.9 Å². The molecule has 4 fully saturated rings. The molecule has 9 heteroatoms. The number of carbonyl (C=O) groups is 2. The van der Waals surface area contributed by atoms with E-state index >= 15 is 8.78 Å². The largest absolute Gasteiger partial charge is 0.479 e. The number of benzene rings is 1. The quantitative estimate of drug-likeness (QED) is 0.607. The molecule has 0 amide bonds. The van der Waals surface area contributed by atoms with Crippen LogP contribution in [0.5, 0.6) is 0 Å². The van der Waals surface area contributed by atoms with Crippen LogP contribution in [0.15, 0.2) is 48.1 Å². The van der Waals surface area contributed by atoms with Gasteiger partial charge in [0.2, 0.25) is 5.60 Å². The number of rotatable bonds is 2. The van der Waals surface area contributed by atoms with E-state index < -0.39 is 69.2 Å². The Balaban J connectivity index is 1.47. The van der Waals surface area contributed by atoms with Gasteiger partial charge in [-0.2, -0.15) is 0 Å². The van der Waals surface area contributed by atoms with Gasteiger partial charge in [0.1, 0.15) is 12.0 Å². The topological polar surface area (TPSA) is 87.1 Å². The van der Waals surface area contributed by atoms with Crippen molar-refractivity contribution in [1.82, 2.24) is 0 Å². The number of halogens is 3. The Labute approximate surface area is 212 Å². The molecule has 37 heavy (non-hydrogen) atoms. The van der Waals surface area contributed by atoms with E-state index in [-0.39, 0.29) is 31.4 Å². The van der Waals surface area contributed by atoms with Gasteiger partial charge in [-0.25, -0.2) is 18.0 Å². The Bertz CT molecular complexity index is 1270. The van der Waals surface area contributed by atoms with Crippen molar-refractivity contribution in [2.75, 3.05) is 11.6 Å². The number of anilines is 1. The monoisotopic (exact) mass is 517 g/mol. The summed E-state index contributed by atoms with van der Waals surface area (Å²) in [5.74, 6) is -3.72. The van der Waals surface area contributed by atoms with Gasteiger partial charge in [-0.05, 0) is 73.6 Å². The van der Waals surface area contributed by atoms with Crippen molar-refractivity contribution in [2.24, 2.45) is 28.1 Å². The number of ketones is 1. The van der Waals surface area contributed by atoms with Crippen LogP contribution in [0.4, 0.5) is 18.9 Å². The second-order valence-electron chi connectivity index (χ2n) is 12.1. The molecule has 0 radical (unpaired) electrons. The van der Waals surface area contributed by atoms with Crippen LogP contribution in [-0.2, 0) is 14.4 Å². The molecule has 5 aliphatic rings. The molecule has 1 saturated heterocycles. The number of carboxylic acid groups (broad SMARTS) is 1.